The third-order valence-corrected chi connectivity index (χ3v) is 4.64. The molecule has 1 aliphatic heterocycles. The maximum atomic E-state index is 12.4. The maximum Gasteiger partial charge on any atom is 0.317 e. The van der Waals surface area contributed by atoms with Crippen LogP contribution in [0.2, 0.25) is 0 Å². The van der Waals surface area contributed by atoms with Crippen LogP contribution in [0.15, 0.2) is 28.8 Å². The van der Waals surface area contributed by atoms with Gasteiger partial charge in [-0.3, -0.25) is 4.90 Å². The molecule has 0 radical (unpaired) electrons. The molecule has 0 aliphatic carbocycles. The Hall–Kier alpha value is -2.34. The fourth-order valence-electron chi connectivity index (χ4n) is 3.15. The highest BCUT2D eigenvalue weighted by atomic mass is 16.5. The number of hydrogen-bond acceptors (Lipinski definition) is 4. The summed E-state index contributed by atoms with van der Waals surface area (Å²) < 4.78 is 5.26. The Balaban J connectivity index is 1.45. The molecule has 1 aliphatic rings. The summed E-state index contributed by atoms with van der Waals surface area (Å²) in [5.41, 5.74) is 4.52. The van der Waals surface area contributed by atoms with Gasteiger partial charge in [-0.2, -0.15) is 0 Å². The van der Waals surface area contributed by atoms with E-state index in [4.69, 9.17) is 4.52 Å². The van der Waals surface area contributed by atoms with Gasteiger partial charge in [0.05, 0.1) is 12.2 Å². The first kappa shape index (κ1) is 17.5. The van der Waals surface area contributed by atoms with Crippen LogP contribution in [0.25, 0.3) is 0 Å². The zero-order valence-corrected chi connectivity index (χ0v) is 15.2. The van der Waals surface area contributed by atoms with Gasteiger partial charge in [0.25, 0.3) is 0 Å². The Labute approximate surface area is 148 Å². The summed E-state index contributed by atoms with van der Waals surface area (Å²) in [5, 5.41) is 6.95. The summed E-state index contributed by atoms with van der Waals surface area (Å²) in [6.07, 6.45) is 0. The number of benzene rings is 1. The normalized spacial score (nSPS) is 15.4. The minimum absolute atomic E-state index is 0.00938. The van der Waals surface area contributed by atoms with Crippen LogP contribution in [0, 0.1) is 20.8 Å². The number of rotatable bonds is 4. The highest BCUT2D eigenvalue weighted by Gasteiger charge is 2.21. The highest BCUT2D eigenvalue weighted by Crippen LogP contribution is 2.12. The fraction of sp³-hybridized carbons (Fsp3) is 0.474. The van der Waals surface area contributed by atoms with Gasteiger partial charge in [0.1, 0.15) is 0 Å². The minimum Gasteiger partial charge on any atom is -0.360 e. The molecule has 2 heterocycles. The van der Waals surface area contributed by atoms with Gasteiger partial charge in [-0.1, -0.05) is 28.9 Å². The summed E-state index contributed by atoms with van der Waals surface area (Å²) in [7, 11) is 0. The van der Waals surface area contributed by atoms with Crippen LogP contribution < -0.4 is 5.32 Å². The first-order valence-electron chi connectivity index (χ1n) is 8.75. The second-order valence-electron chi connectivity index (χ2n) is 6.79. The largest absolute Gasteiger partial charge is 0.360 e. The van der Waals surface area contributed by atoms with E-state index in [1.165, 1.54) is 16.7 Å². The molecule has 0 saturated carbocycles. The van der Waals surface area contributed by atoms with Crippen molar-refractivity contribution in [3.63, 3.8) is 0 Å². The molecule has 0 bridgehead atoms. The van der Waals surface area contributed by atoms with Crippen LogP contribution in [0.5, 0.6) is 0 Å². The fourth-order valence-corrected chi connectivity index (χ4v) is 3.15. The molecular formula is C19H26N4O2. The van der Waals surface area contributed by atoms with Crippen LogP contribution in [0.1, 0.15) is 28.1 Å². The standard InChI is InChI=1S/C19H26N4O2/c1-14-4-5-17(15(2)10-14)12-20-19(24)23-8-6-22(7-9-23)13-18-11-16(3)21-25-18/h4-5,10-11H,6-9,12-13H2,1-3H3,(H,20,24). The monoisotopic (exact) mass is 342 g/mol. The highest BCUT2D eigenvalue weighted by molar-refractivity contribution is 5.74. The van der Waals surface area contributed by atoms with Crippen molar-refractivity contribution in [2.45, 2.75) is 33.9 Å². The maximum absolute atomic E-state index is 12.4. The van der Waals surface area contributed by atoms with Crippen LogP contribution in [0.3, 0.4) is 0 Å². The van der Waals surface area contributed by atoms with Gasteiger partial charge in [-0.15, -0.1) is 0 Å². The Morgan fingerprint density at radius 3 is 2.56 bits per heavy atom. The Bertz CT molecular complexity index is 733. The molecule has 1 fully saturated rings. The summed E-state index contributed by atoms with van der Waals surface area (Å²) in [6, 6.07) is 8.28. The average molecular weight is 342 g/mol. The third-order valence-electron chi connectivity index (χ3n) is 4.64. The summed E-state index contributed by atoms with van der Waals surface area (Å²) in [5.74, 6) is 0.880. The first-order chi connectivity index (χ1) is 12.0. The van der Waals surface area contributed by atoms with E-state index in [0.29, 0.717) is 6.54 Å². The Kier molecular flexibility index (Phi) is 5.38. The number of amides is 2. The third kappa shape index (κ3) is 4.60. The van der Waals surface area contributed by atoms with E-state index in [-0.39, 0.29) is 6.03 Å². The zero-order valence-electron chi connectivity index (χ0n) is 15.2. The van der Waals surface area contributed by atoms with E-state index in [1.54, 1.807) is 0 Å². The van der Waals surface area contributed by atoms with Crippen molar-refractivity contribution in [1.29, 1.82) is 0 Å². The number of carbonyl (C=O) groups is 1. The lowest BCUT2D eigenvalue weighted by molar-refractivity contribution is 0.127. The lowest BCUT2D eigenvalue weighted by atomic mass is 10.1. The van der Waals surface area contributed by atoms with Crippen molar-refractivity contribution in [1.82, 2.24) is 20.3 Å². The Morgan fingerprint density at radius 1 is 1.16 bits per heavy atom. The van der Waals surface area contributed by atoms with Gasteiger partial charge >= 0.3 is 6.03 Å². The summed E-state index contributed by atoms with van der Waals surface area (Å²) >= 11 is 0. The number of hydrogen-bond donors (Lipinski definition) is 1. The second kappa shape index (κ2) is 7.70. The number of carbonyl (C=O) groups excluding carboxylic acids is 1. The van der Waals surface area contributed by atoms with Gasteiger partial charge in [0.15, 0.2) is 5.76 Å². The van der Waals surface area contributed by atoms with E-state index in [1.807, 2.05) is 17.9 Å². The summed E-state index contributed by atoms with van der Waals surface area (Å²) in [6.45, 7) is 10.5. The molecule has 0 atom stereocenters. The number of urea groups is 1. The molecule has 0 spiro atoms. The van der Waals surface area contributed by atoms with E-state index in [0.717, 1.165) is 44.2 Å². The molecule has 1 N–H and O–H groups in total. The van der Waals surface area contributed by atoms with Crippen molar-refractivity contribution in [2.24, 2.45) is 0 Å². The van der Waals surface area contributed by atoms with Crippen molar-refractivity contribution >= 4 is 6.03 Å². The summed E-state index contributed by atoms with van der Waals surface area (Å²) in [4.78, 5) is 16.6. The van der Waals surface area contributed by atoms with Crippen molar-refractivity contribution in [3.8, 4) is 0 Å². The molecule has 6 nitrogen and oxygen atoms in total. The first-order valence-corrected chi connectivity index (χ1v) is 8.75. The van der Waals surface area contributed by atoms with Crippen molar-refractivity contribution in [2.75, 3.05) is 26.2 Å². The van der Waals surface area contributed by atoms with Gasteiger partial charge in [0, 0.05) is 38.8 Å². The van der Waals surface area contributed by atoms with Crippen LogP contribution in [0.4, 0.5) is 4.79 Å². The van der Waals surface area contributed by atoms with Crippen molar-refractivity contribution in [3.05, 3.63) is 52.4 Å². The van der Waals surface area contributed by atoms with Gasteiger partial charge in [-0.25, -0.2) is 4.79 Å². The van der Waals surface area contributed by atoms with Gasteiger partial charge < -0.3 is 14.7 Å². The predicted molar refractivity (Wildman–Crippen MR) is 96.2 cm³/mol. The molecule has 134 valence electrons. The molecular weight excluding hydrogens is 316 g/mol. The molecule has 2 amide bonds. The smallest absolute Gasteiger partial charge is 0.317 e. The topological polar surface area (TPSA) is 61.6 Å². The van der Waals surface area contributed by atoms with E-state index in [2.05, 4.69) is 47.4 Å². The quantitative estimate of drug-likeness (QED) is 0.928. The van der Waals surface area contributed by atoms with Crippen molar-refractivity contribution < 1.29 is 9.32 Å². The number of aryl methyl sites for hydroxylation is 3. The molecule has 3 rings (SSSR count). The Morgan fingerprint density at radius 2 is 1.92 bits per heavy atom. The molecule has 0 unspecified atom stereocenters. The molecule has 1 aromatic heterocycles. The average Bonchev–Trinajstić information content (AvgIpc) is 2.99. The number of piperazine rings is 1. The van der Waals surface area contributed by atoms with E-state index >= 15 is 0 Å². The molecule has 25 heavy (non-hydrogen) atoms. The molecule has 1 aromatic carbocycles. The van der Waals surface area contributed by atoms with E-state index in [9.17, 15) is 4.79 Å². The van der Waals surface area contributed by atoms with Crippen LogP contribution in [-0.2, 0) is 13.1 Å². The van der Waals surface area contributed by atoms with Crippen LogP contribution >= 0.6 is 0 Å². The lowest BCUT2D eigenvalue weighted by Gasteiger charge is -2.34. The number of nitrogens with one attached hydrogen (secondary N) is 1. The molecule has 6 heteroatoms. The van der Waals surface area contributed by atoms with Gasteiger partial charge in [0.2, 0.25) is 0 Å². The van der Waals surface area contributed by atoms with Gasteiger partial charge in [-0.05, 0) is 31.9 Å². The predicted octanol–water partition coefficient (Wildman–Crippen LogP) is 2.63. The lowest BCUT2D eigenvalue weighted by Crippen LogP contribution is -2.51. The minimum atomic E-state index is 0.00938. The number of nitrogens with zero attached hydrogens (tertiary/aromatic N) is 3. The van der Waals surface area contributed by atoms with Crippen LogP contribution in [-0.4, -0.2) is 47.2 Å². The second-order valence-corrected chi connectivity index (χ2v) is 6.79. The molecule has 2 aromatic rings. The SMILES string of the molecule is Cc1ccc(CNC(=O)N2CCN(Cc3cc(C)no3)CC2)c(C)c1. The number of aromatic nitrogens is 1. The molecule has 1 saturated heterocycles. The zero-order chi connectivity index (χ0) is 17.8. The van der Waals surface area contributed by atoms with E-state index < -0.39 is 0 Å².